The van der Waals surface area contributed by atoms with E-state index in [4.69, 9.17) is 16.6 Å². The van der Waals surface area contributed by atoms with Gasteiger partial charge in [0.2, 0.25) is 0 Å². The Bertz CT molecular complexity index is 509. The molecule has 0 aliphatic heterocycles. The van der Waals surface area contributed by atoms with Crippen molar-refractivity contribution in [2.75, 3.05) is 0 Å². The average Bonchev–Trinajstić information content (AvgIpc) is 2.89. The lowest BCUT2D eigenvalue weighted by Gasteiger charge is -2.23. The van der Waals surface area contributed by atoms with Gasteiger partial charge in [0.1, 0.15) is 4.92 Å². The summed E-state index contributed by atoms with van der Waals surface area (Å²) in [7, 11) is 0. The van der Waals surface area contributed by atoms with Crippen molar-refractivity contribution in [2.24, 2.45) is 5.10 Å². The quantitative estimate of drug-likeness (QED) is 0.383. The highest BCUT2D eigenvalue weighted by molar-refractivity contribution is 7.80. The molecule has 1 aromatic rings. The third kappa shape index (κ3) is 4.30. The third-order valence-corrected chi connectivity index (χ3v) is 3.30. The predicted molar refractivity (Wildman–Crippen MR) is 78.7 cm³/mol. The van der Waals surface area contributed by atoms with Gasteiger partial charge in [-0.15, -0.1) is 0 Å². The molecule has 2 N–H and O–H groups in total. The van der Waals surface area contributed by atoms with Crippen molar-refractivity contribution in [1.82, 2.24) is 10.7 Å². The maximum atomic E-state index is 10.4. The summed E-state index contributed by atoms with van der Waals surface area (Å²) in [5, 5.41) is 18.0. The maximum absolute atomic E-state index is 10.4. The first-order valence-corrected chi connectivity index (χ1v) is 6.90. The second-order valence-corrected chi connectivity index (χ2v) is 5.02. The molecule has 0 radical (unpaired) electrons. The zero-order valence-electron chi connectivity index (χ0n) is 10.9. The first kappa shape index (κ1) is 14.4. The molecule has 0 bridgehead atoms. The molecule has 1 heterocycles. The van der Waals surface area contributed by atoms with E-state index in [2.05, 4.69) is 15.8 Å². The fraction of sp³-hybridized carbons (Fsp3) is 0.500. The van der Waals surface area contributed by atoms with Gasteiger partial charge < -0.3 is 9.73 Å². The van der Waals surface area contributed by atoms with Gasteiger partial charge >= 0.3 is 5.88 Å². The zero-order chi connectivity index (χ0) is 14.4. The Hall–Kier alpha value is -1.96. The summed E-state index contributed by atoms with van der Waals surface area (Å²) in [6.07, 6.45) is 7.32. The van der Waals surface area contributed by atoms with Gasteiger partial charge in [0, 0.05) is 6.04 Å². The Labute approximate surface area is 121 Å². The molecule has 1 fully saturated rings. The van der Waals surface area contributed by atoms with Crippen LogP contribution in [0.4, 0.5) is 5.88 Å². The standard InChI is InChI=1S/C12H16N4O3S/c17-16(18)11-7-6-10(19-11)8-13-15-12(20)14-9-4-2-1-3-5-9/h6-9H,1-5H2,(H2,14,15,20)/b13-8+. The minimum atomic E-state index is -0.597. The lowest BCUT2D eigenvalue weighted by Crippen LogP contribution is -2.40. The summed E-state index contributed by atoms with van der Waals surface area (Å²) < 4.78 is 4.92. The van der Waals surface area contributed by atoms with E-state index in [1.165, 1.54) is 37.6 Å². The summed E-state index contributed by atoms with van der Waals surface area (Å²) in [6, 6.07) is 3.16. The molecule has 1 aliphatic carbocycles. The molecule has 7 nitrogen and oxygen atoms in total. The molecule has 0 unspecified atom stereocenters. The van der Waals surface area contributed by atoms with E-state index >= 15 is 0 Å². The summed E-state index contributed by atoms with van der Waals surface area (Å²) >= 11 is 5.12. The van der Waals surface area contributed by atoms with Gasteiger partial charge in [-0.3, -0.25) is 15.5 Å². The Morgan fingerprint density at radius 2 is 2.20 bits per heavy atom. The molecular weight excluding hydrogens is 280 g/mol. The van der Waals surface area contributed by atoms with Crippen LogP contribution in [0.5, 0.6) is 0 Å². The number of hydrogen-bond donors (Lipinski definition) is 2. The predicted octanol–water partition coefficient (Wildman–Crippen LogP) is 2.32. The number of furan rings is 1. The second kappa shape index (κ2) is 6.99. The number of rotatable bonds is 4. The minimum Gasteiger partial charge on any atom is -0.400 e. The summed E-state index contributed by atoms with van der Waals surface area (Å²) in [6.45, 7) is 0. The first-order valence-electron chi connectivity index (χ1n) is 6.49. The van der Waals surface area contributed by atoms with Crippen LogP contribution in [0.2, 0.25) is 0 Å². The molecular formula is C12H16N4O3S. The highest BCUT2D eigenvalue weighted by Gasteiger charge is 2.13. The molecule has 1 aromatic heterocycles. The summed E-state index contributed by atoms with van der Waals surface area (Å²) in [4.78, 5) is 9.84. The SMILES string of the molecule is O=[N+]([O-])c1ccc(/C=N/NC(=S)NC2CCCCC2)o1. The van der Waals surface area contributed by atoms with Crippen LogP contribution in [-0.2, 0) is 0 Å². The summed E-state index contributed by atoms with van der Waals surface area (Å²) in [5.74, 6) is -0.0148. The van der Waals surface area contributed by atoms with Crippen LogP contribution in [0.3, 0.4) is 0 Å². The van der Waals surface area contributed by atoms with Crippen LogP contribution in [0, 0.1) is 10.1 Å². The molecule has 108 valence electrons. The van der Waals surface area contributed by atoms with Crippen molar-refractivity contribution in [3.8, 4) is 0 Å². The Morgan fingerprint density at radius 3 is 2.85 bits per heavy atom. The van der Waals surface area contributed by atoms with E-state index in [0.29, 0.717) is 16.9 Å². The number of hydrazone groups is 1. The van der Waals surface area contributed by atoms with Crippen LogP contribution < -0.4 is 10.7 Å². The van der Waals surface area contributed by atoms with Crippen molar-refractivity contribution >= 4 is 29.4 Å². The molecule has 1 aliphatic rings. The second-order valence-electron chi connectivity index (χ2n) is 4.61. The lowest BCUT2D eigenvalue weighted by molar-refractivity contribution is -0.402. The van der Waals surface area contributed by atoms with E-state index in [9.17, 15) is 10.1 Å². The van der Waals surface area contributed by atoms with E-state index in [-0.39, 0.29) is 5.88 Å². The van der Waals surface area contributed by atoms with E-state index in [1.54, 1.807) is 0 Å². The zero-order valence-corrected chi connectivity index (χ0v) is 11.7. The summed E-state index contributed by atoms with van der Waals surface area (Å²) in [5.41, 5.74) is 2.68. The molecule has 2 rings (SSSR count). The lowest BCUT2D eigenvalue weighted by atomic mass is 9.96. The van der Waals surface area contributed by atoms with Crippen molar-refractivity contribution in [1.29, 1.82) is 0 Å². The van der Waals surface area contributed by atoms with Crippen molar-refractivity contribution in [2.45, 2.75) is 38.1 Å². The van der Waals surface area contributed by atoms with Crippen LogP contribution in [-0.4, -0.2) is 22.3 Å². The molecule has 0 atom stereocenters. The molecule has 0 saturated heterocycles. The largest absolute Gasteiger partial charge is 0.433 e. The average molecular weight is 296 g/mol. The van der Waals surface area contributed by atoms with Crippen LogP contribution in [0.15, 0.2) is 21.7 Å². The fourth-order valence-corrected chi connectivity index (χ4v) is 2.35. The Balaban J connectivity index is 1.76. The third-order valence-electron chi connectivity index (χ3n) is 3.09. The van der Waals surface area contributed by atoms with E-state index < -0.39 is 4.92 Å². The van der Waals surface area contributed by atoms with Crippen LogP contribution in [0.25, 0.3) is 0 Å². The van der Waals surface area contributed by atoms with Gasteiger partial charge in [0.15, 0.2) is 10.9 Å². The molecule has 0 amide bonds. The normalized spacial score (nSPS) is 16.2. The molecule has 20 heavy (non-hydrogen) atoms. The number of nitrogens with zero attached hydrogens (tertiary/aromatic N) is 2. The van der Waals surface area contributed by atoms with Crippen molar-refractivity contribution in [3.05, 3.63) is 28.0 Å². The van der Waals surface area contributed by atoms with Crippen LogP contribution >= 0.6 is 12.2 Å². The highest BCUT2D eigenvalue weighted by Crippen LogP contribution is 2.17. The minimum absolute atomic E-state index is 0.296. The van der Waals surface area contributed by atoms with Crippen LogP contribution in [0.1, 0.15) is 37.9 Å². The topological polar surface area (TPSA) is 92.7 Å². The molecule has 0 aromatic carbocycles. The Morgan fingerprint density at radius 1 is 1.45 bits per heavy atom. The molecule has 1 saturated carbocycles. The van der Waals surface area contributed by atoms with Gasteiger partial charge in [0.25, 0.3) is 0 Å². The highest BCUT2D eigenvalue weighted by atomic mass is 32.1. The maximum Gasteiger partial charge on any atom is 0.433 e. The Kier molecular flexibility index (Phi) is 5.05. The number of nitrogens with one attached hydrogen (secondary N) is 2. The molecule has 0 spiro atoms. The van der Waals surface area contributed by atoms with Gasteiger partial charge in [-0.2, -0.15) is 5.10 Å². The van der Waals surface area contributed by atoms with Gasteiger partial charge in [-0.1, -0.05) is 19.3 Å². The number of nitro groups is 1. The van der Waals surface area contributed by atoms with E-state index in [1.807, 2.05) is 0 Å². The smallest absolute Gasteiger partial charge is 0.400 e. The van der Waals surface area contributed by atoms with Crippen molar-refractivity contribution < 1.29 is 9.34 Å². The van der Waals surface area contributed by atoms with Crippen molar-refractivity contribution in [3.63, 3.8) is 0 Å². The molecule has 8 heteroatoms. The number of hydrogen-bond acceptors (Lipinski definition) is 5. The van der Waals surface area contributed by atoms with Gasteiger partial charge in [-0.05, 0) is 31.1 Å². The monoisotopic (exact) mass is 296 g/mol. The van der Waals surface area contributed by atoms with Gasteiger partial charge in [-0.25, -0.2) is 0 Å². The fourth-order valence-electron chi connectivity index (χ4n) is 2.13. The van der Waals surface area contributed by atoms with Gasteiger partial charge in [0.05, 0.1) is 12.3 Å². The van der Waals surface area contributed by atoms with E-state index in [0.717, 1.165) is 12.8 Å². The number of thiocarbonyl (C=S) groups is 1. The first-order chi connectivity index (χ1) is 9.65.